The third-order valence-corrected chi connectivity index (χ3v) is 3.87. The highest BCUT2D eigenvalue weighted by Gasteiger charge is 2.17. The van der Waals surface area contributed by atoms with E-state index in [0.717, 1.165) is 10.6 Å². The highest BCUT2D eigenvalue weighted by molar-refractivity contribution is 7.98. The van der Waals surface area contributed by atoms with Crippen molar-refractivity contribution in [2.45, 2.75) is 4.90 Å². The normalized spacial score (nSPS) is 13.2. The van der Waals surface area contributed by atoms with Gasteiger partial charge in [0.05, 0.1) is 4.90 Å². The van der Waals surface area contributed by atoms with Crippen LogP contribution >= 0.6 is 35.1 Å². The fourth-order valence-electron chi connectivity index (χ4n) is 1.74. The van der Waals surface area contributed by atoms with Crippen LogP contribution in [0.2, 0.25) is 10.0 Å². The lowest BCUT2D eigenvalue weighted by Crippen LogP contribution is -2.26. The van der Waals surface area contributed by atoms with Gasteiger partial charge in [-0.25, -0.2) is 4.99 Å². The molecule has 0 aromatic heterocycles. The molecule has 20 heavy (non-hydrogen) atoms. The Morgan fingerprint density at radius 1 is 1.15 bits per heavy atom. The molecule has 0 saturated heterocycles. The van der Waals surface area contributed by atoms with Gasteiger partial charge < -0.3 is 10.4 Å². The SMILES string of the molecule is Oc1cc(Cl)cc2c1N=C(Nc1cccc(Cl)c1)NS2. The maximum atomic E-state index is 9.88. The van der Waals surface area contributed by atoms with Crippen LogP contribution in [0.5, 0.6) is 5.75 Å². The molecule has 0 atom stereocenters. The van der Waals surface area contributed by atoms with Crippen LogP contribution < -0.4 is 10.0 Å². The molecule has 2 aromatic carbocycles. The molecule has 0 unspecified atom stereocenters. The zero-order chi connectivity index (χ0) is 14.1. The third-order valence-electron chi connectivity index (χ3n) is 2.59. The number of fused-ring (bicyclic) bond motifs is 1. The fraction of sp³-hybridized carbons (Fsp3) is 0. The molecular weight excluding hydrogens is 317 g/mol. The predicted molar refractivity (Wildman–Crippen MR) is 84.3 cm³/mol. The van der Waals surface area contributed by atoms with Crippen LogP contribution in [0.3, 0.4) is 0 Å². The number of phenolic OH excluding ortho intramolecular Hbond substituents is 1. The number of nitrogens with zero attached hydrogens (tertiary/aromatic N) is 1. The number of nitrogens with one attached hydrogen (secondary N) is 2. The van der Waals surface area contributed by atoms with Gasteiger partial charge in [-0.2, -0.15) is 0 Å². The van der Waals surface area contributed by atoms with Gasteiger partial charge in [0.15, 0.2) is 0 Å². The van der Waals surface area contributed by atoms with Gasteiger partial charge in [-0.05, 0) is 36.2 Å². The Balaban J connectivity index is 1.91. The molecule has 0 amide bonds. The molecule has 0 bridgehead atoms. The molecule has 1 heterocycles. The largest absolute Gasteiger partial charge is 0.506 e. The maximum Gasteiger partial charge on any atom is 0.211 e. The summed E-state index contributed by atoms with van der Waals surface area (Å²) in [5.41, 5.74) is 1.30. The maximum absolute atomic E-state index is 9.88. The molecule has 0 saturated carbocycles. The summed E-state index contributed by atoms with van der Waals surface area (Å²) in [5, 5.41) is 14.1. The van der Waals surface area contributed by atoms with E-state index in [4.69, 9.17) is 23.2 Å². The highest BCUT2D eigenvalue weighted by Crippen LogP contribution is 2.41. The monoisotopic (exact) mass is 325 g/mol. The van der Waals surface area contributed by atoms with Crippen LogP contribution in [0.15, 0.2) is 46.3 Å². The van der Waals surface area contributed by atoms with Crippen molar-refractivity contribution >= 4 is 52.5 Å². The van der Waals surface area contributed by atoms with Crippen LogP contribution in [0.4, 0.5) is 11.4 Å². The van der Waals surface area contributed by atoms with E-state index >= 15 is 0 Å². The van der Waals surface area contributed by atoms with Crippen molar-refractivity contribution in [3.05, 3.63) is 46.4 Å². The van der Waals surface area contributed by atoms with Crippen LogP contribution in [0.1, 0.15) is 0 Å². The molecular formula is C13H9Cl2N3OS. The summed E-state index contributed by atoms with van der Waals surface area (Å²) in [6, 6.07) is 10.5. The molecule has 7 heteroatoms. The van der Waals surface area contributed by atoms with Gasteiger partial charge in [0.2, 0.25) is 5.96 Å². The van der Waals surface area contributed by atoms with Crippen LogP contribution in [-0.2, 0) is 0 Å². The number of halogens is 2. The quantitative estimate of drug-likeness (QED) is 0.680. The topological polar surface area (TPSA) is 56.7 Å². The molecule has 1 aliphatic rings. The first kappa shape index (κ1) is 13.4. The average Bonchev–Trinajstić information content (AvgIpc) is 2.39. The lowest BCUT2D eigenvalue weighted by Gasteiger charge is -2.18. The van der Waals surface area contributed by atoms with Gasteiger partial charge in [0, 0.05) is 21.8 Å². The Kier molecular flexibility index (Phi) is 3.65. The first-order valence-corrected chi connectivity index (χ1v) is 7.26. The lowest BCUT2D eigenvalue weighted by molar-refractivity contribution is 0.475. The minimum absolute atomic E-state index is 0.0481. The molecule has 102 valence electrons. The minimum Gasteiger partial charge on any atom is -0.506 e. The van der Waals surface area contributed by atoms with Crippen molar-refractivity contribution in [1.82, 2.24) is 4.72 Å². The van der Waals surface area contributed by atoms with Gasteiger partial charge >= 0.3 is 0 Å². The second-order valence-corrected chi connectivity index (χ2v) is 5.79. The van der Waals surface area contributed by atoms with Gasteiger partial charge in [-0.15, -0.1) is 0 Å². The van der Waals surface area contributed by atoms with E-state index in [1.54, 1.807) is 18.2 Å². The number of benzene rings is 2. The number of anilines is 1. The summed E-state index contributed by atoms with van der Waals surface area (Å²) in [7, 11) is 0. The molecule has 0 radical (unpaired) electrons. The third kappa shape index (κ3) is 2.80. The van der Waals surface area contributed by atoms with Crippen molar-refractivity contribution in [2.75, 3.05) is 5.32 Å². The highest BCUT2D eigenvalue weighted by atomic mass is 35.5. The Labute approximate surface area is 130 Å². The summed E-state index contributed by atoms with van der Waals surface area (Å²) in [6.45, 7) is 0. The van der Waals surface area contributed by atoms with E-state index in [9.17, 15) is 5.11 Å². The summed E-state index contributed by atoms with van der Waals surface area (Å²) >= 11 is 13.1. The molecule has 1 aliphatic heterocycles. The summed E-state index contributed by atoms with van der Waals surface area (Å²) in [4.78, 5) is 5.10. The second kappa shape index (κ2) is 5.44. The Bertz CT molecular complexity index is 706. The van der Waals surface area contributed by atoms with E-state index in [-0.39, 0.29) is 5.75 Å². The Hall–Kier alpha value is -1.56. The van der Waals surface area contributed by atoms with Crippen LogP contribution in [-0.4, -0.2) is 11.1 Å². The molecule has 0 fully saturated rings. The van der Waals surface area contributed by atoms with Crippen molar-refractivity contribution in [2.24, 2.45) is 4.99 Å². The number of rotatable bonds is 1. The standard InChI is InChI=1S/C13H9Cl2N3OS/c14-7-2-1-3-9(4-7)16-13-17-12-10(19)5-8(15)6-11(12)20-18-13/h1-6,19H,(H2,16,17,18). The molecule has 4 nitrogen and oxygen atoms in total. The smallest absolute Gasteiger partial charge is 0.211 e. The van der Waals surface area contributed by atoms with Gasteiger partial charge in [-0.3, -0.25) is 4.72 Å². The van der Waals surface area contributed by atoms with Crippen molar-refractivity contribution in [3.63, 3.8) is 0 Å². The number of aliphatic imine (C=N–C) groups is 1. The number of hydrogen-bond donors (Lipinski definition) is 3. The molecule has 3 rings (SSSR count). The van der Waals surface area contributed by atoms with Gasteiger partial charge in [0.25, 0.3) is 0 Å². The molecule has 3 N–H and O–H groups in total. The fourth-order valence-corrected chi connectivity index (χ4v) is 2.95. The summed E-state index contributed by atoms with van der Waals surface area (Å²) in [5.74, 6) is 0.564. The van der Waals surface area contributed by atoms with Gasteiger partial charge in [-0.1, -0.05) is 29.3 Å². The second-order valence-electron chi connectivity index (χ2n) is 4.07. The minimum atomic E-state index is 0.0481. The molecule has 2 aromatic rings. The Morgan fingerprint density at radius 3 is 2.80 bits per heavy atom. The number of aromatic hydroxyl groups is 1. The van der Waals surface area contributed by atoms with E-state index in [2.05, 4.69) is 15.0 Å². The zero-order valence-corrected chi connectivity index (χ0v) is 12.4. The Morgan fingerprint density at radius 2 is 2.00 bits per heavy atom. The first-order valence-electron chi connectivity index (χ1n) is 5.68. The van der Waals surface area contributed by atoms with Crippen molar-refractivity contribution < 1.29 is 5.11 Å². The van der Waals surface area contributed by atoms with Gasteiger partial charge in [0.1, 0.15) is 11.4 Å². The van der Waals surface area contributed by atoms with E-state index in [1.807, 2.05) is 12.1 Å². The van der Waals surface area contributed by atoms with Crippen LogP contribution in [0, 0.1) is 0 Å². The van der Waals surface area contributed by atoms with Crippen LogP contribution in [0.25, 0.3) is 0 Å². The van der Waals surface area contributed by atoms with E-state index in [0.29, 0.717) is 21.7 Å². The summed E-state index contributed by atoms with van der Waals surface area (Å²) < 4.78 is 3.04. The van der Waals surface area contributed by atoms with Crippen molar-refractivity contribution in [3.8, 4) is 5.75 Å². The van der Waals surface area contributed by atoms with E-state index < -0.39 is 0 Å². The molecule has 0 aliphatic carbocycles. The van der Waals surface area contributed by atoms with Crippen molar-refractivity contribution in [1.29, 1.82) is 0 Å². The summed E-state index contributed by atoms with van der Waals surface area (Å²) in [6.07, 6.45) is 0. The molecule has 0 spiro atoms. The van der Waals surface area contributed by atoms with E-state index in [1.165, 1.54) is 18.0 Å². The average molecular weight is 326 g/mol. The number of guanidine groups is 1. The first-order chi connectivity index (χ1) is 9.61. The predicted octanol–water partition coefficient (Wildman–Crippen LogP) is 4.41. The zero-order valence-electron chi connectivity index (χ0n) is 10.0. The lowest BCUT2D eigenvalue weighted by atomic mass is 10.3. The number of phenols is 1. The number of hydrogen-bond acceptors (Lipinski definition) is 5.